The average Bonchev–Trinajstić information content (AvgIpc) is 3.21. The number of para-hydroxylation sites is 1. The lowest BCUT2D eigenvalue weighted by molar-refractivity contribution is 0.00840. The van der Waals surface area contributed by atoms with E-state index < -0.39 is 5.97 Å². The Hall–Kier alpha value is -4.16. The van der Waals surface area contributed by atoms with Crippen molar-refractivity contribution in [2.75, 3.05) is 13.2 Å². The van der Waals surface area contributed by atoms with E-state index in [1.54, 1.807) is 6.07 Å². The van der Waals surface area contributed by atoms with E-state index in [1.807, 2.05) is 57.2 Å². The standard InChI is InChI=1S/C31H27NO5/c1-17-8-13-27(36-19(3)20-9-11-21(12-10-20)22-15-35-16-22)28-24(31(33)34)14-25(32-29(17)28)30-18(2)23-6-4-5-7-26(23)37-30/h4-14,19,22H,15-16H2,1-3H3,(H,33,34)/t19-/m0/s1. The summed E-state index contributed by atoms with van der Waals surface area (Å²) in [4.78, 5) is 17.4. The van der Waals surface area contributed by atoms with Crippen LogP contribution in [0.2, 0.25) is 0 Å². The van der Waals surface area contributed by atoms with E-state index in [9.17, 15) is 9.90 Å². The molecule has 1 saturated heterocycles. The Kier molecular flexibility index (Phi) is 5.69. The lowest BCUT2D eigenvalue weighted by Crippen LogP contribution is -2.24. The molecule has 3 aromatic carbocycles. The highest BCUT2D eigenvalue weighted by atomic mass is 16.5. The van der Waals surface area contributed by atoms with Crippen molar-refractivity contribution in [3.63, 3.8) is 0 Å². The van der Waals surface area contributed by atoms with Crippen LogP contribution in [-0.2, 0) is 4.74 Å². The maximum atomic E-state index is 12.5. The molecule has 1 aliphatic rings. The second-order valence-corrected chi connectivity index (χ2v) is 9.68. The zero-order valence-electron chi connectivity index (χ0n) is 20.9. The van der Waals surface area contributed by atoms with Gasteiger partial charge in [-0.1, -0.05) is 48.5 Å². The molecule has 1 aliphatic heterocycles. The van der Waals surface area contributed by atoms with Gasteiger partial charge in [0.05, 0.1) is 29.7 Å². The Morgan fingerprint density at radius 2 is 1.81 bits per heavy atom. The predicted octanol–water partition coefficient (Wildman–Crippen LogP) is 7.22. The Morgan fingerprint density at radius 3 is 2.49 bits per heavy atom. The Balaban J connectivity index is 1.42. The second-order valence-electron chi connectivity index (χ2n) is 9.68. The lowest BCUT2D eigenvalue weighted by atomic mass is 9.96. The number of rotatable bonds is 6. The molecule has 1 fully saturated rings. The molecule has 0 amide bonds. The summed E-state index contributed by atoms with van der Waals surface area (Å²) in [6.07, 6.45) is -0.281. The van der Waals surface area contributed by atoms with E-state index in [0.29, 0.717) is 34.0 Å². The highest BCUT2D eigenvalue weighted by Crippen LogP contribution is 2.38. The third-order valence-corrected chi connectivity index (χ3v) is 7.25. The number of furan rings is 1. The normalized spacial score (nSPS) is 14.6. The van der Waals surface area contributed by atoms with Crippen LogP contribution in [0.3, 0.4) is 0 Å². The smallest absolute Gasteiger partial charge is 0.336 e. The van der Waals surface area contributed by atoms with Crippen LogP contribution in [0.15, 0.2) is 71.1 Å². The van der Waals surface area contributed by atoms with Gasteiger partial charge in [0.25, 0.3) is 0 Å². The third kappa shape index (κ3) is 4.03. The van der Waals surface area contributed by atoms with Gasteiger partial charge in [-0.3, -0.25) is 0 Å². The summed E-state index contributed by atoms with van der Waals surface area (Å²) in [5.74, 6) is 0.474. The number of aromatic carboxylic acids is 1. The van der Waals surface area contributed by atoms with E-state index >= 15 is 0 Å². The molecule has 0 unspecified atom stereocenters. The fraction of sp³-hybridized carbons (Fsp3) is 0.226. The third-order valence-electron chi connectivity index (χ3n) is 7.25. The zero-order valence-corrected chi connectivity index (χ0v) is 20.9. The van der Waals surface area contributed by atoms with E-state index in [1.165, 1.54) is 5.56 Å². The molecular formula is C31H27NO5. The first-order chi connectivity index (χ1) is 17.9. The van der Waals surface area contributed by atoms with Crippen molar-refractivity contribution in [1.29, 1.82) is 0 Å². The summed E-state index contributed by atoms with van der Waals surface area (Å²) in [6, 6.07) is 21.4. The van der Waals surface area contributed by atoms with Crippen LogP contribution in [0, 0.1) is 13.8 Å². The number of pyridine rings is 1. The average molecular weight is 494 g/mol. The van der Waals surface area contributed by atoms with Crippen LogP contribution in [0.4, 0.5) is 0 Å². The Bertz CT molecular complexity index is 1650. The zero-order chi connectivity index (χ0) is 25.7. The lowest BCUT2D eigenvalue weighted by Gasteiger charge is -2.26. The number of carboxylic acids is 1. The summed E-state index contributed by atoms with van der Waals surface area (Å²) < 4.78 is 17.8. The Morgan fingerprint density at radius 1 is 1.05 bits per heavy atom. The highest BCUT2D eigenvalue weighted by Gasteiger charge is 2.23. The number of hydrogen-bond acceptors (Lipinski definition) is 5. The number of carbonyl (C=O) groups is 1. The second kappa shape index (κ2) is 9.05. The van der Waals surface area contributed by atoms with Crippen LogP contribution in [-0.4, -0.2) is 29.3 Å². The quantitative estimate of drug-likeness (QED) is 0.269. The molecule has 6 rings (SSSR count). The number of aryl methyl sites for hydroxylation is 2. The van der Waals surface area contributed by atoms with Crippen molar-refractivity contribution >= 4 is 27.8 Å². The summed E-state index contributed by atoms with van der Waals surface area (Å²) in [6.45, 7) is 7.38. The Labute approximate surface area is 214 Å². The van der Waals surface area contributed by atoms with Crippen molar-refractivity contribution in [1.82, 2.24) is 4.98 Å². The van der Waals surface area contributed by atoms with Gasteiger partial charge in [-0.05, 0) is 55.7 Å². The van der Waals surface area contributed by atoms with Gasteiger partial charge in [0.15, 0.2) is 5.76 Å². The van der Waals surface area contributed by atoms with Crippen LogP contribution in [0.1, 0.15) is 51.6 Å². The van der Waals surface area contributed by atoms with Gasteiger partial charge in [-0.2, -0.15) is 0 Å². The molecule has 6 heteroatoms. The molecule has 0 radical (unpaired) electrons. The number of carboxylic acid groups (broad SMARTS) is 1. The SMILES string of the molecule is Cc1c(-c2cc(C(=O)O)c3c(O[C@@H](C)c4ccc(C5COC5)cc4)ccc(C)c3n2)oc2ccccc12. The van der Waals surface area contributed by atoms with Gasteiger partial charge in [-0.15, -0.1) is 0 Å². The van der Waals surface area contributed by atoms with Crippen LogP contribution >= 0.6 is 0 Å². The molecule has 37 heavy (non-hydrogen) atoms. The van der Waals surface area contributed by atoms with Crippen molar-refractivity contribution in [2.45, 2.75) is 32.8 Å². The first kappa shape index (κ1) is 23.3. The van der Waals surface area contributed by atoms with Gasteiger partial charge in [0, 0.05) is 16.9 Å². The van der Waals surface area contributed by atoms with Crippen LogP contribution in [0.5, 0.6) is 5.75 Å². The summed E-state index contributed by atoms with van der Waals surface area (Å²) >= 11 is 0. The van der Waals surface area contributed by atoms with Crippen molar-refractivity contribution < 1.29 is 23.8 Å². The maximum absolute atomic E-state index is 12.5. The molecule has 2 aromatic heterocycles. The monoisotopic (exact) mass is 493 g/mol. The molecule has 0 bridgehead atoms. The highest BCUT2D eigenvalue weighted by molar-refractivity contribution is 6.07. The minimum Gasteiger partial charge on any atom is -0.485 e. The molecule has 186 valence electrons. The predicted molar refractivity (Wildman–Crippen MR) is 142 cm³/mol. The van der Waals surface area contributed by atoms with Crippen molar-refractivity contribution in [2.24, 2.45) is 0 Å². The minimum absolute atomic E-state index is 0.131. The summed E-state index contributed by atoms with van der Waals surface area (Å²) in [5, 5.41) is 11.7. The van der Waals surface area contributed by atoms with Crippen molar-refractivity contribution in [3.8, 4) is 17.2 Å². The largest absolute Gasteiger partial charge is 0.485 e. The molecule has 3 heterocycles. The number of ether oxygens (including phenoxy) is 2. The molecule has 6 nitrogen and oxygen atoms in total. The molecule has 1 N–H and O–H groups in total. The van der Waals surface area contributed by atoms with E-state index in [0.717, 1.165) is 40.9 Å². The number of hydrogen-bond donors (Lipinski definition) is 1. The van der Waals surface area contributed by atoms with E-state index in [4.69, 9.17) is 18.9 Å². The van der Waals surface area contributed by atoms with Crippen molar-refractivity contribution in [3.05, 3.63) is 94.5 Å². The van der Waals surface area contributed by atoms with Crippen LogP contribution in [0.25, 0.3) is 33.3 Å². The molecule has 0 aliphatic carbocycles. The maximum Gasteiger partial charge on any atom is 0.336 e. The first-order valence-electron chi connectivity index (χ1n) is 12.4. The number of benzene rings is 3. The van der Waals surface area contributed by atoms with E-state index in [2.05, 4.69) is 24.3 Å². The van der Waals surface area contributed by atoms with Gasteiger partial charge < -0.3 is 19.0 Å². The molecule has 1 atom stereocenters. The molecule has 0 spiro atoms. The molecule has 5 aromatic rings. The molecule has 0 saturated carbocycles. The fourth-order valence-electron chi connectivity index (χ4n) is 4.97. The van der Waals surface area contributed by atoms with Crippen LogP contribution < -0.4 is 4.74 Å². The first-order valence-corrected chi connectivity index (χ1v) is 12.4. The summed E-state index contributed by atoms with van der Waals surface area (Å²) in [7, 11) is 0. The topological polar surface area (TPSA) is 81.8 Å². The number of fused-ring (bicyclic) bond motifs is 2. The fourth-order valence-corrected chi connectivity index (χ4v) is 4.97. The number of aromatic nitrogens is 1. The van der Waals surface area contributed by atoms with Gasteiger partial charge in [0.2, 0.25) is 0 Å². The summed E-state index contributed by atoms with van der Waals surface area (Å²) in [5.41, 5.74) is 6.00. The van der Waals surface area contributed by atoms with Gasteiger partial charge in [-0.25, -0.2) is 9.78 Å². The van der Waals surface area contributed by atoms with Gasteiger partial charge >= 0.3 is 5.97 Å². The minimum atomic E-state index is -1.04. The number of nitrogens with zero attached hydrogens (tertiary/aromatic N) is 1. The van der Waals surface area contributed by atoms with E-state index in [-0.39, 0.29) is 11.7 Å². The molecular weight excluding hydrogens is 466 g/mol. The van der Waals surface area contributed by atoms with Gasteiger partial charge in [0.1, 0.15) is 23.1 Å².